The first-order valence-electron chi connectivity index (χ1n) is 7.75. The van der Waals surface area contributed by atoms with Crippen LogP contribution >= 0.6 is 0 Å². The molecule has 0 bridgehead atoms. The average molecular weight is 348 g/mol. The van der Waals surface area contributed by atoms with E-state index in [-0.39, 0.29) is 18.2 Å². The second-order valence-corrected chi connectivity index (χ2v) is 6.96. The van der Waals surface area contributed by atoms with Crippen LogP contribution < -0.4 is 0 Å². The summed E-state index contributed by atoms with van der Waals surface area (Å²) in [6.45, 7) is 7.79. The van der Waals surface area contributed by atoms with E-state index in [9.17, 15) is 18.5 Å². The minimum Gasteiger partial charge on any atom is -0.444 e. The van der Waals surface area contributed by atoms with Crippen molar-refractivity contribution >= 4 is 12.0 Å². The maximum atomic E-state index is 14.1. The number of carbonyl (C=O) groups excluding carboxylic acids is 2. The number of hydrogen-bond donors (Lipinski definition) is 0. The van der Waals surface area contributed by atoms with Crippen molar-refractivity contribution in [1.82, 2.24) is 10.0 Å². The third-order valence-corrected chi connectivity index (χ3v) is 3.43. The summed E-state index contributed by atoms with van der Waals surface area (Å²) in [7, 11) is 1.22. The molecule has 3 atom stereocenters. The number of likely N-dealkylation sites (tertiary alicyclic amines) is 1. The predicted molar refractivity (Wildman–Crippen MR) is 84.7 cm³/mol. The molecule has 0 aromatic carbocycles. The van der Waals surface area contributed by atoms with Crippen LogP contribution in [0.5, 0.6) is 0 Å². The van der Waals surface area contributed by atoms with Gasteiger partial charge >= 0.3 is 6.09 Å². The van der Waals surface area contributed by atoms with E-state index in [0.29, 0.717) is 0 Å². The van der Waals surface area contributed by atoms with E-state index in [4.69, 9.17) is 9.47 Å². The van der Waals surface area contributed by atoms with Crippen molar-refractivity contribution in [1.29, 1.82) is 0 Å². The first-order chi connectivity index (χ1) is 11.0. The Balaban J connectivity index is 3.00. The number of ether oxygens (including phenoxy) is 2. The van der Waals surface area contributed by atoms with Gasteiger partial charge in [-0.3, -0.25) is 9.69 Å². The van der Waals surface area contributed by atoms with Crippen molar-refractivity contribution in [2.75, 3.05) is 20.2 Å². The first-order valence-corrected chi connectivity index (χ1v) is 7.75. The summed E-state index contributed by atoms with van der Waals surface area (Å²) in [4.78, 5) is 25.5. The minimum absolute atomic E-state index is 0.0426. The van der Waals surface area contributed by atoms with Gasteiger partial charge in [0.05, 0.1) is 13.1 Å². The molecule has 1 aliphatic heterocycles. The van der Waals surface area contributed by atoms with Crippen LogP contribution in [-0.4, -0.2) is 66.1 Å². The van der Waals surface area contributed by atoms with Gasteiger partial charge in [0.25, 0.3) is 5.91 Å². The molecule has 8 heteroatoms. The van der Waals surface area contributed by atoms with E-state index in [1.165, 1.54) is 13.2 Å². The Morgan fingerprint density at radius 1 is 1.33 bits per heavy atom. The highest BCUT2D eigenvalue weighted by Crippen LogP contribution is 2.27. The molecule has 0 N–H and O–H groups in total. The van der Waals surface area contributed by atoms with Crippen LogP contribution in [0.4, 0.5) is 13.7 Å². The van der Waals surface area contributed by atoms with Gasteiger partial charge in [0.1, 0.15) is 23.9 Å². The van der Waals surface area contributed by atoms with Crippen LogP contribution in [0.25, 0.3) is 0 Å². The summed E-state index contributed by atoms with van der Waals surface area (Å²) >= 11 is 0. The number of allylic oxidation sites excluding steroid dienone is 1. The normalized spacial score (nSPS) is 23.8. The molecule has 0 radical (unpaired) electrons. The van der Waals surface area contributed by atoms with E-state index in [2.05, 4.69) is 0 Å². The first kappa shape index (κ1) is 20.3. The number of methoxy groups -OCH3 is 1. The summed E-state index contributed by atoms with van der Waals surface area (Å²) in [5.41, 5.74) is 0.00609. The Hall–Kier alpha value is -1.70. The molecule has 0 aromatic heterocycles. The van der Waals surface area contributed by atoms with Gasteiger partial charge in [0.15, 0.2) is 0 Å². The lowest BCUT2D eigenvalue weighted by Crippen LogP contribution is -2.51. The molecule has 0 saturated carbocycles. The molecule has 2 amide bonds. The Kier molecular flexibility index (Phi) is 6.71. The van der Waals surface area contributed by atoms with E-state index in [1.54, 1.807) is 34.6 Å². The van der Waals surface area contributed by atoms with Gasteiger partial charge in [-0.05, 0) is 34.6 Å². The summed E-state index contributed by atoms with van der Waals surface area (Å²) in [5, 5.41) is -0.0426. The standard InChI is InChI=1S/C16H26F2N2O4/c1-10(2)7-8-20(18)14(21)12-13(23-6)11(17)9-19(12)15(22)24-16(3,4)5/h7,11-13H,8-9H2,1-6H3/t11-,12-,13+/m0/s1. The molecule has 1 rings (SSSR count). The topological polar surface area (TPSA) is 59.1 Å². The molecule has 1 saturated heterocycles. The molecule has 0 spiro atoms. The van der Waals surface area contributed by atoms with Gasteiger partial charge in [0, 0.05) is 7.11 Å². The second-order valence-electron chi connectivity index (χ2n) is 6.96. The van der Waals surface area contributed by atoms with Crippen LogP contribution in [0.2, 0.25) is 0 Å². The molecular formula is C16H26F2N2O4. The maximum absolute atomic E-state index is 14.1. The Morgan fingerprint density at radius 2 is 1.92 bits per heavy atom. The third-order valence-electron chi connectivity index (χ3n) is 3.43. The molecule has 1 fully saturated rings. The van der Waals surface area contributed by atoms with E-state index in [0.717, 1.165) is 10.5 Å². The van der Waals surface area contributed by atoms with Crippen molar-refractivity contribution in [2.24, 2.45) is 0 Å². The summed E-state index contributed by atoms with van der Waals surface area (Å²) in [6, 6.07) is -1.41. The number of nitrogens with zero attached hydrogens (tertiary/aromatic N) is 2. The van der Waals surface area contributed by atoms with Crippen LogP contribution in [0, 0.1) is 0 Å². The van der Waals surface area contributed by atoms with E-state index < -0.39 is 35.9 Å². The number of alkyl halides is 1. The van der Waals surface area contributed by atoms with E-state index in [1.807, 2.05) is 0 Å². The smallest absolute Gasteiger partial charge is 0.411 e. The highest BCUT2D eigenvalue weighted by molar-refractivity contribution is 5.86. The number of carbonyl (C=O) groups is 2. The predicted octanol–water partition coefficient (Wildman–Crippen LogP) is 2.64. The van der Waals surface area contributed by atoms with Crippen molar-refractivity contribution in [2.45, 2.75) is 58.5 Å². The van der Waals surface area contributed by atoms with Crippen LogP contribution in [0.1, 0.15) is 34.6 Å². The zero-order valence-electron chi connectivity index (χ0n) is 15.0. The molecular weight excluding hydrogens is 322 g/mol. The quantitative estimate of drug-likeness (QED) is 0.579. The fourth-order valence-corrected chi connectivity index (χ4v) is 2.34. The average Bonchev–Trinajstić information content (AvgIpc) is 2.78. The second kappa shape index (κ2) is 7.92. The number of amides is 2. The number of halogens is 2. The van der Waals surface area contributed by atoms with Crippen molar-refractivity contribution in [3.63, 3.8) is 0 Å². The molecule has 0 unspecified atom stereocenters. The Morgan fingerprint density at radius 3 is 2.38 bits per heavy atom. The maximum Gasteiger partial charge on any atom is 0.411 e. The SMILES string of the molecule is CO[C@H]1[C@@H](C(=O)N(F)CC=C(C)C)N(C(=O)OC(C)(C)C)C[C@@H]1F. The van der Waals surface area contributed by atoms with Gasteiger partial charge in [-0.15, -0.1) is 0 Å². The van der Waals surface area contributed by atoms with Crippen molar-refractivity contribution in [3.8, 4) is 0 Å². The Labute approximate surface area is 141 Å². The molecule has 1 aliphatic rings. The molecule has 24 heavy (non-hydrogen) atoms. The molecule has 6 nitrogen and oxygen atoms in total. The van der Waals surface area contributed by atoms with Crippen LogP contribution in [0.3, 0.4) is 0 Å². The largest absolute Gasteiger partial charge is 0.444 e. The summed E-state index contributed by atoms with van der Waals surface area (Å²) in [5.74, 6) is -1.04. The molecule has 1 heterocycles. The number of hydrogen-bond acceptors (Lipinski definition) is 4. The fourth-order valence-electron chi connectivity index (χ4n) is 2.34. The lowest BCUT2D eigenvalue weighted by molar-refractivity contribution is -0.154. The zero-order chi connectivity index (χ0) is 18.7. The lowest BCUT2D eigenvalue weighted by Gasteiger charge is -2.29. The monoisotopic (exact) mass is 348 g/mol. The van der Waals surface area contributed by atoms with Gasteiger partial charge in [-0.25, -0.2) is 9.18 Å². The highest BCUT2D eigenvalue weighted by atomic mass is 19.2. The Bertz CT molecular complexity index is 501. The van der Waals surface area contributed by atoms with Crippen LogP contribution in [-0.2, 0) is 14.3 Å². The van der Waals surface area contributed by atoms with Gasteiger partial charge in [0.2, 0.25) is 0 Å². The molecule has 138 valence electrons. The summed E-state index contributed by atoms with van der Waals surface area (Å²) < 4.78 is 38.4. The highest BCUT2D eigenvalue weighted by Gasteiger charge is 2.51. The van der Waals surface area contributed by atoms with Gasteiger partial charge in [-0.2, -0.15) is 5.12 Å². The van der Waals surface area contributed by atoms with Crippen LogP contribution in [0.15, 0.2) is 11.6 Å². The fraction of sp³-hybridized carbons (Fsp3) is 0.750. The third kappa shape index (κ3) is 5.15. The van der Waals surface area contributed by atoms with E-state index >= 15 is 0 Å². The molecule has 0 aliphatic carbocycles. The zero-order valence-corrected chi connectivity index (χ0v) is 15.0. The number of rotatable bonds is 4. The van der Waals surface area contributed by atoms with Gasteiger partial charge in [-0.1, -0.05) is 16.1 Å². The van der Waals surface area contributed by atoms with Crippen molar-refractivity contribution < 1.29 is 27.9 Å². The molecule has 0 aromatic rings. The van der Waals surface area contributed by atoms with Gasteiger partial charge < -0.3 is 9.47 Å². The van der Waals surface area contributed by atoms with Crippen molar-refractivity contribution in [3.05, 3.63) is 11.6 Å². The summed E-state index contributed by atoms with van der Waals surface area (Å²) in [6.07, 6.45) is -2.21. The minimum atomic E-state index is -1.60. The lowest BCUT2D eigenvalue weighted by atomic mass is 10.1.